The van der Waals surface area contributed by atoms with Crippen LogP contribution in [-0.4, -0.2) is 36.6 Å². The van der Waals surface area contributed by atoms with Crippen LogP contribution >= 0.6 is 0 Å². The van der Waals surface area contributed by atoms with Crippen molar-refractivity contribution in [2.24, 2.45) is 5.92 Å². The summed E-state index contributed by atoms with van der Waals surface area (Å²) in [6, 6.07) is 8.50. The predicted molar refractivity (Wildman–Crippen MR) is 75.7 cm³/mol. The van der Waals surface area contributed by atoms with Crippen molar-refractivity contribution in [1.29, 1.82) is 0 Å². The molecule has 0 aromatic heterocycles. The van der Waals surface area contributed by atoms with Gasteiger partial charge in [-0.25, -0.2) is 0 Å². The molecule has 20 heavy (non-hydrogen) atoms. The number of fused-ring (bicyclic) bond motifs is 1. The molecule has 2 saturated heterocycles. The Morgan fingerprint density at radius 3 is 2.95 bits per heavy atom. The van der Waals surface area contributed by atoms with Gasteiger partial charge in [0.05, 0.1) is 18.3 Å². The van der Waals surface area contributed by atoms with Crippen LogP contribution in [-0.2, 0) is 15.9 Å². The molecule has 0 saturated carbocycles. The third-order valence-corrected chi connectivity index (χ3v) is 5.39. The molecule has 3 aliphatic rings. The molecule has 1 aliphatic carbocycles. The summed E-state index contributed by atoms with van der Waals surface area (Å²) in [7, 11) is 0. The first-order valence-corrected chi connectivity index (χ1v) is 7.75. The summed E-state index contributed by atoms with van der Waals surface area (Å²) in [5.41, 5.74) is 2.65. The second-order valence-corrected chi connectivity index (χ2v) is 6.59. The van der Waals surface area contributed by atoms with Gasteiger partial charge in [-0.2, -0.15) is 0 Å². The number of benzene rings is 1. The van der Waals surface area contributed by atoms with Crippen LogP contribution in [0.5, 0.6) is 0 Å². The molecule has 4 atom stereocenters. The van der Waals surface area contributed by atoms with Gasteiger partial charge in [-0.15, -0.1) is 0 Å². The summed E-state index contributed by atoms with van der Waals surface area (Å²) in [5.74, 6) is 0.678. The average molecular weight is 274 g/mol. The van der Waals surface area contributed by atoms with Crippen LogP contribution in [0.3, 0.4) is 0 Å². The number of aliphatic hydroxyl groups excluding tert-OH is 1. The Labute approximate surface area is 119 Å². The molecule has 2 heterocycles. The van der Waals surface area contributed by atoms with Crippen molar-refractivity contribution >= 4 is 0 Å². The van der Waals surface area contributed by atoms with Gasteiger partial charge in [0.15, 0.2) is 0 Å². The van der Waals surface area contributed by atoms with Gasteiger partial charge in [-0.05, 0) is 36.3 Å². The molecule has 2 aliphatic heterocycles. The van der Waals surface area contributed by atoms with Crippen molar-refractivity contribution in [3.8, 4) is 0 Å². The molecule has 1 N–H and O–H groups in total. The van der Waals surface area contributed by atoms with Gasteiger partial charge >= 0.3 is 0 Å². The first-order chi connectivity index (χ1) is 9.77. The Morgan fingerprint density at radius 1 is 1.25 bits per heavy atom. The van der Waals surface area contributed by atoms with Crippen molar-refractivity contribution in [2.45, 2.75) is 43.3 Å². The van der Waals surface area contributed by atoms with Gasteiger partial charge in [0.2, 0.25) is 0 Å². The lowest BCUT2D eigenvalue weighted by Crippen LogP contribution is -2.46. The molecular formula is C17H22O3. The van der Waals surface area contributed by atoms with E-state index in [1.807, 2.05) is 0 Å². The van der Waals surface area contributed by atoms with E-state index >= 15 is 0 Å². The van der Waals surface area contributed by atoms with E-state index in [1.165, 1.54) is 11.1 Å². The van der Waals surface area contributed by atoms with Crippen LogP contribution in [0.15, 0.2) is 24.3 Å². The Hall–Kier alpha value is -0.900. The number of aliphatic hydroxyl groups is 1. The lowest BCUT2D eigenvalue weighted by molar-refractivity contribution is -0.120. The van der Waals surface area contributed by atoms with Crippen molar-refractivity contribution < 1.29 is 14.6 Å². The van der Waals surface area contributed by atoms with Crippen LogP contribution in [0, 0.1) is 5.92 Å². The fraction of sp³-hybridized carbons (Fsp3) is 0.647. The first kappa shape index (κ1) is 12.8. The summed E-state index contributed by atoms with van der Waals surface area (Å²) in [5, 5.41) is 10.8. The maximum Gasteiger partial charge on any atom is 0.0940 e. The minimum absolute atomic E-state index is 0.104. The average Bonchev–Trinajstić information content (AvgIpc) is 2.88. The van der Waals surface area contributed by atoms with Crippen molar-refractivity contribution in [3.05, 3.63) is 35.4 Å². The van der Waals surface area contributed by atoms with E-state index in [4.69, 9.17) is 9.47 Å². The van der Waals surface area contributed by atoms with E-state index in [0.29, 0.717) is 18.4 Å². The Bertz CT molecular complexity index is 493. The summed E-state index contributed by atoms with van der Waals surface area (Å²) in [6.07, 6.45) is 3.70. The summed E-state index contributed by atoms with van der Waals surface area (Å²) >= 11 is 0. The normalized spacial score (nSPS) is 37.5. The number of hydrogen-bond donors (Lipinski definition) is 1. The Morgan fingerprint density at radius 2 is 2.15 bits per heavy atom. The predicted octanol–water partition coefficient (Wildman–Crippen LogP) is 2.27. The number of hydrogen-bond acceptors (Lipinski definition) is 3. The molecule has 0 amide bonds. The van der Waals surface area contributed by atoms with E-state index in [1.54, 1.807) is 0 Å². The molecular weight excluding hydrogens is 252 g/mol. The number of rotatable bonds is 2. The molecule has 1 aromatic carbocycles. The molecule has 2 fully saturated rings. The second-order valence-electron chi connectivity index (χ2n) is 6.59. The third kappa shape index (κ3) is 2.00. The topological polar surface area (TPSA) is 38.7 Å². The molecule has 0 radical (unpaired) electrons. The maximum absolute atomic E-state index is 10.8. The summed E-state index contributed by atoms with van der Waals surface area (Å²) in [4.78, 5) is 0. The van der Waals surface area contributed by atoms with Crippen LogP contribution in [0.4, 0.5) is 0 Å². The van der Waals surface area contributed by atoms with Crippen LogP contribution in [0.1, 0.15) is 36.3 Å². The van der Waals surface area contributed by atoms with E-state index in [-0.39, 0.29) is 11.7 Å². The van der Waals surface area contributed by atoms with Crippen LogP contribution < -0.4 is 0 Å². The van der Waals surface area contributed by atoms with Gasteiger partial charge in [0.25, 0.3) is 0 Å². The molecule has 1 aromatic rings. The first-order valence-electron chi connectivity index (χ1n) is 7.75. The lowest BCUT2D eigenvalue weighted by Gasteiger charge is -2.43. The van der Waals surface area contributed by atoms with Crippen LogP contribution in [0.2, 0.25) is 0 Å². The molecule has 4 unspecified atom stereocenters. The highest BCUT2D eigenvalue weighted by Crippen LogP contribution is 2.44. The zero-order valence-electron chi connectivity index (χ0n) is 11.8. The minimum atomic E-state index is -0.230. The Balaban J connectivity index is 1.48. The summed E-state index contributed by atoms with van der Waals surface area (Å²) < 4.78 is 11.5. The highest BCUT2D eigenvalue weighted by Gasteiger charge is 2.45. The zero-order valence-corrected chi connectivity index (χ0v) is 11.8. The van der Waals surface area contributed by atoms with Crippen molar-refractivity contribution in [3.63, 3.8) is 0 Å². The van der Waals surface area contributed by atoms with Crippen LogP contribution in [0.25, 0.3) is 0 Å². The van der Waals surface area contributed by atoms with Gasteiger partial charge < -0.3 is 14.6 Å². The molecule has 3 nitrogen and oxygen atoms in total. The molecule has 0 bridgehead atoms. The molecule has 108 valence electrons. The standard InChI is InChI=1S/C17H22O3/c18-16(15-9-12-3-1-2-4-14(12)15)13-5-7-20-17(10-13)6-8-19-11-17/h1-4,13,15-16,18H,5-11H2. The minimum Gasteiger partial charge on any atom is -0.392 e. The molecule has 3 heteroatoms. The van der Waals surface area contributed by atoms with E-state index in [9.17, 15) is 5.11 Å². The van der Waals surface area contributed by atoms with Crippen molar-refractivity contribution in [1.82, 2.24) is 0 Å². The van der Waals surface area contributed by atoms with Gasteiger partial charge in [-0.1, -0.05) is 24.3 Å². The fourth-order valence-electron chi connectivity index (χ4n) is 4.15. The molecule has 4 rings (SSSR count). The summed E-state index contributed by atoms with van der Waals surface area (Å²) in [6.45, 7) is 2.27. The monoisotopic (exact) mass is 274 g/mol. The fourth-order valence-corrected chi connectivity index (χ4v) is 4.15. The van der Waals surface area contributed by atoms with Crippen molar-refractivity contribution in [2.75, 3.05) is 19.8 Å². The highest BCUT2D eigenvalue weighted by atomic mass is 16.6. The zero-order chi connectivity index (χ0) is 13.6. The van der Waals surface area contributed by atoms with E-state index in [0.717, 1.165) is 38.9 Å². The van der Waals surface area contributed by atoms with Gasteiger partial charge in [0, 0.05) is 25.6 Å². The van der Waals surface area contributed by atoms with E-state index < -0.39 is 0 Å². The largest absolute Gasteiger partial charge is 0.392 e. The SMILES string of the molecule is OC(C1CCOC2(CCOC2)C1)C1Cc2ccccc21. The second kappa shape index (κ2) is 4.83. The highest BCUT2D eigenvalue weighted by molar-refractivity contribution is 5.41. The molecule has 1 spiro atoms. The maximum atomic E-state index is 10.8. The van der Waals surface area contributed by atoms with Gasteiger partial charge in [-0.3, -0.25) is 0 Å². The Kier molecular flexibility index (Phi) is 3.09. The van der Waals surface area contributed by atoms with Gasteiger partial charge in [0.1, 0.15) is 0 Å². The smallest absolute Gasteiger partial charge is 0.0940 e. The third-order valence-electron chi connectivity index (χ3n) is 5.39. The quantitative estimate of drug-likeness (QED) is 0.899. The van der Waals surface area contributed by atoms with E-state index in [2.05, 4.69) is 24.3 Å². The lowest BCUT2D eigenvalue weighted by atomic mass is 9.68. The number of ether oxygens (including phenoxy) is 2.